The average molecular weight is 340 g/mol. The van der Waals surface area contributed by atoms with Gasteiger partial charge in [0.15, 0.2) is 5.12 Å². The number of unbranched alkanes of at least 4 members (excludes halogenated alkanes) is 1. The molecule has 0 aromatic heterocycles. The van der Waals surface area contributed by atoms with E-state index in [0.29, 0.717) is 38.9 Å². The van der Waals surface area contributed by atoms with Crippen molar-refractivity contribution in [3.05, 3.63) is 0 Å². The van der Waals surface area contributed by atoms with E-state index in [0.717, 1.165) is 11.4 Å². The molecule has 20 heavy (non-hydrogen) atoms. The third-order valence-corrected chi connectivity index (χ3v) is 7.42. The van der Waals surface area contributed by atoms with E-state index in [1.165, 1.54) is 7.11 Å². The van der Waals surface area contributed by atoms with Gasteiger partial charge < -0.3 is 13.8 Å². The molecule has 0 spiro atoms. The van der Waals surface area contributed by atoms with Crippen molar-refractivity contribution >= 4 is 40.0 Å². The molecule has 0 aromatic rings. The molecule has 5 nitrogen and oxygen atoms in total. The molecule has 1 fully saturated rings. The van der Waals surface area contributed by atoms with E-state index in [1.807, 2.05) is 13.8 Å². The zero-order valence-electron chi connectivity index (χ0n) is 12.0. The van der Waals surface area contributed by atoms with Crippen LogP contribution in [0.3, 0.4) is 0 Å². The average Bonchev–Trinajstić information content (AvgIpc) is 2.38. The lowest BCUT2D eigenvalue weighted by Crippen LogP contribution is -2.28. The molecule has 0 radical (unpaired) electrons. The van der Waals surface area contributed by atoms with Gasteiger partial charge in [-0.3, -0.25) is 9.59 Å². The Bertz CT molecular complexity index is 397. The van der Waals surface area contributed by atoms with E-state index in [1.54, 1.807) is 0 Å². The fourth-order valence-corrected chi connectivity index (χ4v) is 5.85. The first-order valence-corrected chi connectivity index (χ1v) is 10.5. The molecule has 0 N–H and O–H groups in total. The Labute approximate surface area is 129 Å². The quantitative estimate of drug-likeness (QED) is 0.418. The monoisotopic (exact) mass is 340 g/mol. The lowest BCUT2D eigenvalue weighted by molar-refractivity contribution is -0.140. The molecular weight excluding hydrogens is 319 g/mol. The van der Waals surface area contributed by atoms with Crippen molar-refractivity contribution in [1.82, 2.24) is 0 Å². The van der Waals surface area contributed by atoms with Crippen LogP contribution in [0.2, 0.25) is 0 Å². The van der Waals surface area contributed by atoms with Crippen molar-refractivity contribution in [2.45, 2.75) is 39.5 Å². The van der Waals surface area contributed by atoms with Crippen molar-refractivity contribution in [3.63, 3.8) is 0 Å². The summed E-state index contributed by atoms with van der Waals surface area (Å²) in [7, 11) is 1.36. The summed E-state index contributed by atoms with van der Waals surface area (Å²) in [6.45, 7) is 5.11. The minimum absolute atomic E-state index is 0.0297. The van der Waals surface area contributed by atoms with Gasteiger partial charge in [-0.1, -0.05) is 13.8 Å². The van der Waals surface area contributed by atoms with Crippen molar-refractivity contribution in [2.24, 2.45) is 5.41 Å². The zero-order chi connectivity index (χ0) is 15.2. The smallest absolute Gasteiger partial charge is 0.305 e. The van der Waals surface area contributed by atoms with Crippen LogP contribution in [0.4, 0.5) is 0 Å². The molecule has 0 amide bonds. The highest BCUT2D eigenvalue weighted by Gasteiger charge is 2.35. The third kappa shape index (κ3) is 6.68. The molecule has 1 saturated heterocycles. The van der Waals surface area contributed by atoms with E-state index in [2.05, 4.69) is 4.74 Å². The Morgan fingerprint density at radius 1 is 1.25 bits per heavy atom. The van der Waals surface area contributed by atoms with Crippen LogP contribution in [-0.4, -0.2) is 31.4 Å². The molecule has 116 valence electrons. The van der Waals surface area contributed by atoms with Gasteiger partial charge in [-0.15, -0.1) is 0 Å². The summed E-state index contributed by atoms with van der Waals surface area (Å²) in [5, 5.41) is -0.0297. The highest BCUT2D eigenvalue weighted by atomic mass is 32.9. The second-order valence-electron chi connectivity index (χ2n) is 5.40. The van der Waals surface area contributed by atoms with Crippen LogP contribution in [0.5, 0.6) is 0 Å². The summed E-state index contributed by atoms with van der Waals surface area (Å²) in [6, 6.07) is 0. The maximum atomic E-state index is 11.8. The normalized spacial score (nSPS) is 20.4. The van der Waals surface area contributed by atoms with Gasteiger partial charge in [-0.25, -0.2) is 0 Å². The summed E-state index contributed by atoms with van der Waals surface area (Å²) in [4.78, 5) is 22.8. The molecule has 0 aliphatic carbocycles. The van der Waals surface area contributed by atoms with Crippen molar-refractivity contribution < 1.29 is 23.4 Å². The fourth-order valence-electron chi connectivity index (χ4n) is 1.45. The molecule has 0 atom stereocenters. The number of carbonyl (C=O) groups excluding carboxylic acids is 2. The van der Waals surface area contributed by atoms with Crippen LogP contribution >= 0.6 is 17.1 Å². The van der Waals surface area contributed by atoms with E-state index < -0.39 is 5.69 Å². The Hall–Kier alpha value is 0.0600. The number of methoxy groups -OCH3 is 1. The molecular formula is C12H21O5PS2. The van der Waals surface area contributed by atoms with Gasteiger partial charge >= 0.3 is 5.97 Å². The highest BCUT2D eigenvalue weighted by molar-refractivity contribution is 8.73. The largest absolute Gasteiger partial charge is 0.469 e. The van der Waals surface area contributed by atoms with Gasteiger partial charge in [0, 0.05) is 29.6 Å². The SMILES string of the molecule is COC(=O)CCCCC(=O)SP1(=S)OCC(C)(C)CO1. The second kappa shape index (κ2) is 7.90. The molecule has 1 aliphatic heterocycles. The Morgan fingerprint density at radius 2 is 1.80 bits per heavy atom. The second-order valence-corrected chi connectivity index (χ2v) is 11.6. The topological polar surface area (TPSA) is 61.8 Å². The molecule has 8 heteroatoms. The highest BCUT2D eigenvalue weighted by Crippen LogP contribution is 2.64. The molecule has 1 rings (SSSR count). The number of hydrogen-bond acceptors (Lipinski definition) is 7. The molecule has 0 unspecified atom stereocenters. The minimum atomic E-state index is -2.51. The van der Waals surface area contributed by atoms with Crippen molar-refractivity contribution in [2.75, 3.05) is 20.3 Å². The van der Waals surface area contributed by atoms with Crippen LogP contribution < -0.4 is 0 Å². The van der Waals surface area contributed by atoms with E-state index in [9.17, 15) is 9.59 Å². The predicted molar refractivity (Wildman–Crippen MR) is 83.1 cm³/mol. The summed E-state index contributed by atoms with van der Waals surface area (Å²) in [5.74, 6) is -0.251. The van der Waals surface area contributed by atoms with Crippen LogP contribution in [0, 0.1) is 5.41 Å². The standard InChI is InChI=1S/C12H21O5PS2/c1-12(2)8-16-18(19,17-9-12)20-11(14)7-5-4-6-10(13)15-3/h4-9H2,1-3H3. The molecule has 0 saturated carbocycles. The van der Waals surface area contributed by atoms with Gasteiger partial charge in [-0.2, -0.15) is 0 Å². The van der Waals surface area contributed by atoms with Gasteiger partial charge in [0.25, 0.3) is 5.69 Å². The Kier molecular flexibility index (Phi) is 7.15. The molecule has 0 aromatic carbocycles. The maximum Gasteiger partial charge on any atom is 0.305 e. The van der Waals surface area contributed by atoms with Gasteiger partial charge in [0.05, 0.1) is 20.3 Å². The summed E-state index contributed by atoms with van der Waals surface area (Å²) >= 11 is 6.32. The Morgan fingerprint density at radius 3 is 2.35 bits per heavy atom. The van der Waals surface area contributed by atoms with Gasteiger partial charge in [0.1, 0.15) is 0 Å². The number of carbonyl (C=O) groups is 2. The lowest BCUT2D eigenvalue weighted by atomic mass is 9.97. The summed E-state index contributed by atoms with van der Waals surface area (Å²) < 4.78 is 15.7. The Balaban J connectivity index is 2.25. The minimum Gasteiger partial charge on any atom is -0.469 e. The van der Waals surface area contributed by atoms with E-state index in [-0.39, 0.29) is 16.5 Å². The first-order valence-electron chi connectivity index (χ1n) is 6.45. The number of rotatable bonds is 6. The van der Waals surface area contributed by atoms with Crippen LogP contribution in [0.15, 0.2) is 0 Å². The summed E-state index contributed by atoms with van der Waals surface area (Å²) in [6.07, 6.45) is 1.98. The third-order valence-electron chi connectivity index (χ3n) is 2.68. The predicted octanol–water partition coefficient (Wildman–Crippen LogP) is 3.28. The molecule has 0 bridgehead atoms. The maximum absolute atomic E-state index is 11.8. The fraction of sp³-hybridized carbons (Fsp3) is 0.833. The van der Waals surface area contributed by atoms with Gasteiger partial charge in [-0.05, 0) is 24.6 Å². The number of esters is 1. The number of hydrogen-bond donors (Lipinski definition) is 0. The molecule has 1 aliphatic rings. The van der Waals surface area contributed by atoms with E-state index >= 15 is 0 Å². The van der Waals surface area contributed by atoms with Gasteiger partial charge in [0.2, 0.25) is 0 Å². The first kappa shape index (κ1) is 18.1. The van der Waals surface area contributed by atoms with Crippen LogP contribution in [0.1, 0.15) is 39.5 Å². The van der Waals surface area contributed by atoms with Crippen LogP contribution in [-0.2, 0) is 35.2 Å². The first-order chi connectivity index (χ1) is 9.26. The zero-order valence-corrected chi connectivity index (χ0v) is 14.6. The number of ether oxygens (including phenoxy) is 1. The van der Waals surface area contributed by atoms with Crippen molar-refractivity contribution in [1.29, 1.82) is 0 Å². The lowest BCUT2D eigenvalue weighted by Gasteiger charge is -2.35. The van der Waals surface area contributed by atoms with Crippen molar-refractivity contribution in [3.8, 4) is 0 Å². The molecule has 1 heterocycles. The summed E-state index contributed by atoms with van der Waals surface area (Å²) in [5.41, 5.74) is -2.56. The van der Waals surface area contributed by atoms with E-state index in [4.69, 9.17) is 20.9 Å². The van der Waals surface area contributed by atoms with Crippen LogP contribution in [0.25, 0.3) is 0 Å².